The second kappa shape index (κ2) is 4.94. The van der Waals surface area contributed by atoms with Gasteiger partial charge in [-0.05, 0) is 31.5 Å². The molecule has 90 valence electrons. The predicted octanol–water partition coefficient (Wildman–Crippen LogP) is 4.11. The van der Waals surface area contributed by atoms with Crippen LogP contribution in [0.5, 0.6) is 0 Å². The maximum absolute atomic E-state index is 6.22. The lowest BCUT2D eigenvalue weighted by Gasteiger charge is -2.11. The van der Waals surface area contributed by atoms with Crippen molar-refractivity contribution in [1.29, 1.82) is 0 Å². The predicted molar refractivity (Wildman–Crippen MR) is 74.1 cm³/mol. The van der Waals surface area contributed by atoms with Crippen LogP contribution in [0.1, 0.15) is 27.2 Å². The molecule has 1 aromatic carbocycles. The molecule has 5 heteroatoms. The van der Waals surface area contributed by atoms with E-state index in [0.717, 1.165) is 21.1 Å². The number of nitrogens with two attached hydrogens (primary N) is 1. The zero-order valence-corrected chi connectivity index (χ0v) is 11.8. The lowest BCUT2D eigenvalue weighted by atomic mass is 10.1. The number of hydrogen-bond donors (Lipinski definition) is 1. The summed E-state index contributed by atoms with van der Waals surface area (Å²) in [6, 6.07) is 5.27. The Morgan fingerprint density at radius 3 is 2.47 bits per heavy atom. The fourth-order valence-corrected chi connectivity index (χ4v) is 2.96. The highest BCUT2D eigenvalue weighted by Gasteiger charge is 2.16. The third-order valence-electron chi connectivity index (χ3n) is 2.52. The first kappa shape index (κ1) is 12.8. The van der Waals surface area contributed by atoms with Crippen LogP contribution >= 0.6 is 34.5 Å². The average molecular weight is 287 g/mol. The van der Waals surface area contributed by atoms with Crippen LogP contribution in [0.2, 0.25) is 10.0 Å². The van der Waals surface area contributed by atoms with Crippen LogP contribution in [0.4, 0.5) is 0 Å². The van der Waals surface area contributed by atoms with E-state index >= 15 is 0 Å². The van der Waals surface area contributed by atoms with Crippen molar-refractivity contribution in [3.05, 3.63) is 49.4 Å². The molecule has 0 saturated carbocycles. The van der Waals surface area contributed by atoms with E-state index in [1.165, 1.54) is 0 Å². The first-order valence-corrected chi connectivity index (χ1v) is 6.70. The normalized spacial score (nSPS) is 12.8. The smallest absolute Gasteiger partial charge is 0.0900 e. The molecule has 0 amide bonds. The number of thiazole rings is 1. The Balaban J connectivity index is 2.40. The van der Waals surface area contributed by atoms with E-state index in [-0.39, 0.29) is 6.04 Å². The number of rotatable bonds is 2. The second-order valence-corrected chi connectivity index (χ2v) is 5.88. The average Bonchev–Trinajstić information content (AvgIpc) is 2.61. The molecule has 0 fully saturated rings. The molecule has 2 rings (SSSR count). The number of aryl methyl sites for hydroxylation is 2. The number of aromatic nitrogens is 1. The first-order valence-electron chi connectivity index (χ1n) is 5.13. The maximum Gasteiger partial charge on any atom is 0.0900 e. The van der Waals surface area contributed by atoms with E-state index in [4.69, 9.17) is 28.9 Å². The molecule has 2 nitrogen and oxygen atoms in total. The molecule has 0 aliphatic rings. The maximum atomic E-state index is 6.22. The third-order valence-corrected chi connectivity index (χ3v) is 4.42. The molecule has 2 N–H and O–H groups in total. The highest BCUT2D eigenvalue weighted by molar-refractivity contribution is 7.11. The summed E-state index contributed by atoms with van der Waals surface area (Å²) in [5.74, 6) is 0. The van der Waals surface area contributed by atoms with Crippen LogP contribution in [0.25, 0.3) is 0 Å². The highest BCUT2D eigenvalue weighted by atomic mass is 35.5. The Morgan fingerprint density at radius 1 is 1.24 bits per heavy atom. The fraction of sp³-hybridized carbons (Fsp3) is 0.250. The summed E-state index contributed by atoms with van der Waals surface area (Å²) in [4.78, 5) is 5.45. The summed E-state index contributed by atoms with van der Waals surface area (Å²) in [6.45, 7) is 3.94. The molecule has 0 spiro atoms. The summed E-state index contributed by atoms with van der Waals surface area (Å²) in [5, 5.41) is 2.09. The van der Waals surface area contributed by atoms with Crippen molar-refractivity contribution >= 4 is 34.5 Å². The Bertz CT molecular complexity index is 551. The van der Waals surface area contributed by atoms with E-state index in [1.54, 1.807) is 17.4 Å². The molecule has 0 aliphatic carbocycles. The van der Waals surface area contributed by atoms with Gasteiger partial charge in [-0.15, -0.1) is 11.3 Å². The fourth-order valence-electron chi connectivity index (χ4n) is 1.69. The Morgan fingerprint density at radius 2 is 1.94 bits per heavy atom. The van der Waals surface area contributed by atoms with Gasteiger partial charge in [0.1, 0.15) is 0 Å². The molecule has 0 radical (unpaired) electrons. The Labute approximate surface area is 114 Å². The SMILES string of the molecule is Cc1nc(C)c(C(N)c2ccc(Cl)c(Cl)c2)s1. The van der Waals surface area contributed by atoms with Gasteiger partial charge < -0.3 is 5.73 Å². The van der Waals surface area contributed by atoms with Crippen molar-refractivity contribution in [2.45, 2.75) is 19.9 Å². The van der Waals surface area contributed by atoms with E-state index in [2.05, 4.69) is 4.98 Å². The van der Waals surface area contributed by atoms with Crippen LogP contribution in [0, 0.1) is 13.8 Å². The Hall–Kier alpha value is -0.610. The number of nitrogens with zero attached hydrogens (tertiary/aromatic N) is 1. The number of halogens is 2. The molecule has 0 aliphatic heterocycles. The van der Waals surface area contributed by atoms with Crippen LogP contribution in [-0.2, 0) is 0 Å². The monoisotopic (exact) mass is 286 g/mol. The quantitative estimate of drug-likeness (QED) is 0.902. The number of benzene rings is 1. The zero-order chi connectivity index (χ0) is 12.6. The molecule has 0 bridgehead atoms. The van der Waals surface area contributed by atoms with Gasteiger partial charge in [0.2, 0.25) is 0 Å². The summed E-state index contributed by atoms with van der Waals surface area (Å²) >= 11 is 13.5. The van der Waals surface area contributed by atoms with Crippen molar-refractivity contribution in [2.24, 2.45) is 5.73 Å². The van der Waals surface area contributed by atoms with Crippen molar-refractivity contribution in [3.8, 4) is 0 Å². The lowest BCUT2D eigenvalue weighted by molar-refractivity contribution is 0.877. The van der Waals surface area contributed by atoms with Gasteiger partial charge in [0, 0.05) is 4.88 Å². The zero-order valence-electron chi connectivity index (χ0n) is 9.50. The molecule has 1 heterocycles. The van der Waals surface area contributed by atoms with Gasteiger partial charge in [0.25, 0.3) is 0 Å². The van der Waals surface area contributed by atoms with E-state index in [1.807, 2.05) is 26.0 Å². The van der Waals surface area contributed by atoms with Gasteiger partial charge >= 0.3 is 0 Å². The van der Waals surface area contributed by atoms with Gasteiger partial charge in [-0.2, -0.15) is 0 Å². The molecule has 0 saturated heterocycles. The molecular weight excluding hydrogens is 275 g/mol. The van der Waals surface area contributed by atoms with Gasteiger partial charge in [0.05, 0.1) is 26.8 Å². The third kappa shape index (κ3) is 2.63. The van der Waals surface area contributed by atoms with Crippen LogP contribution < -0.4 is 5.73 Å². The van der Waals surface area contributed by atoms with Crippen LogP contribution in [0.3, 0.4) is 0 Å². The summed E-state index contributed by atoms with van der Waals surface area (Å²) in [5.41, 5.74) is 8.15. The molecule has 17 heavy (non-hydrogen) atoms. The molecular formula is C12H12Cl2N2S. The minimum atomic E-state index is -0.198. The van der Waals surface area contributed by atoms with Gasteiger partial charge in [-0.1, -0.05) is 29.3 Å². The summed E-state index contributed by atoms with van der Waals surface area (Å²) < 4.78 is 0. The van der Waals surface area contributed by atoms with Crippen molar-refractivity contribution in [3.63, 3.8) is 0 Å². The largest absolute Gasteiger partial charge is 0.320 e. The van der Waals surface area contributed by atoms with E-state index in [9.17, 15) is 0 Å². The van der Waals surface area contributed by atoms with Crippen molar-refractivity contribution < 1.29 is 0 Å². The number of hydrogen-bond acceptors (Lipinski definition) is 3. The van der Waals surface area contributed by atoms with Gasteiger partial charge in [0.15, 0.2) is 0 Å². The molecule has 2 aromatic rings. The summed E-state index contributed by atoms with van der Waals surface area (Å²) in [7, 11) is 0. The highest BCUT2D eigenvalue weighted by Crippen LogP contribution is 2.31. The van der Waals surface area contributed by atoms with Crippen LogP contribution in [0.15, 0.2) is 18.2 Å². The molecule has 1 aromatic heterocycles. The van der Waals surface area contributed by atoms with Crippen LogP contribution in [-0.4, -0.2) is 4.98 Å². The molecule has 1 atom stereocenters. The van der Waals surface area contributed by atoms with Gasteiger partial charge in [-0.25, -0.2) is 4.98 Å². The van der Waals surface area contributed by atoms with E-state index in [0.29, 0.717) is 10.0 Å². The van der Waals surface area contributed by atoms with Crippen molar-refractivity contribution in [1.82, 2.24) is 4.98 Å². The minimum Gasteiger partial charge on any atom is -0.320 e. The lowest BCUT2D eigenvalue weighted by Crippen LogP contribution is -2.11. The summed E-state index contributed by atoms with van der Waals surface area (Å²) in [6.07, 6.45) is 0. The standard InChI is InChI=1S/C12H12Cl2N2S/c1-6-12(17-7(2)16-6)11(15)8-3-4-9(13)10(14)5-8/h3-5,11H,15H2,1-2H3. The second-order valence-electron chi connectivity index (χ2n) is 3.83. The van der Waals surface area contributed by atoms with Gasteiger partial charge in [-0.3, -0.25) is 0 Å². The Kier molecular flexibility index (Phi) is 3.73. The topological polar surface area (TPSA) is 38.9 Å². The van der Waals surface area contributed by atoms with E-state index < -0.39 is 0 Å². The molecule has 1 unspecified atom stereocenters. The minimum absolute atomic E-state index is 0.198. The first-order chi connectivity index (χ1) is 7.99. The van der Waals surface area contributed by atoms with Crippen molar-refractivity contribution in [2.75, 3.05) is 0 Å².